The molecule has 3 aromatic heterocycles. The van der Waals surface area contributed by atoms with E-state index in [9.17, 15) is 5.11 Å². The van der Waals surface area contributed by atoms with Crippen LogP contribution in [-0.2, 0) is 7.05 Å². The predicted octanol–water partition coefficient (Wildman–Crippen LogP) is 2.62. The molecule has 10 nitrogen and oxygen atoms in total. The Labute approximate surface area is 208 Å². The molecule has 1 saturated carbocycles. The highest BCUT2D eigenvalue weighted by molar-refractivity contribution is 5.85. The van der Waals surface area contributed by atoms with Gasteiger partial charge < -0.3 is 15.3 Å². The number of hydrogen-bond donors (Lipinski definition) is 2. The summed E-state index contributed by atoms with van der Waals surface area (Å²) in [6.07, 6.45) is 4.29. The molecule has 0 radical (unpaired) electrons. The van der Waals surface area contributed by atoms with Crippen molar-refractivity contribution in [2.24, 2.45) is 13.0 Å². The number of aromatic nitrogens is 7. The van der Waals surface area contributed by atoms with Gasteiger partial charge in [0.25, 0.3) is 0 Å². The van der Waals surface area contributed by atoms with Crippen LogP contribution in [0.4, 0.5) is 5.95 Å². The molecule has 178 valence electrons. The van der Waals surface area contributed by atoms with E-state index in [2.05, 4.69) is 40.6 Å². The highest BCUT2D eigenvalue weighted by atomic mass is 35.5. The van der Waals surface area contributed by atoms with Crippen LogP contribution in [0.2, 0.25) is 0 Å². The van der Waals surface area contributed by atoms with Crippen molar-refractivity contribution >= 4 is 41.9 Å². The van der Waals surface area contributed by atoms with Crippen molar-refractivity contribution in [1.82, 2.24) is 40.5 Å². The van der Waals surface area contributed by atoms with Crippen LogP contribution in [0.1, 0.15) is 12.8 Å². The van der Waals surface area contributed by atoms with Gasteiger partial charge in [0.15, 0.2) is 0 Å². The van der Waals surface area contributed by atoms with E-state index in [-0.39, 0.29) is 30.6 Å². The second-order valence-electron chi connectivity index (χ2n) is 8.45. The largest absolute Gasteiger partial charge is 0.507 e. The van der Waals surface area contributed by atoms with Crippen molar-refractivity contribution in [3.63, 3.8) is 0 Å². The monoisotopic (exact) mass is 501 g/mol. The number of fused-ring (bicyclic) bond motifs is 1. The standard InChI is InChI=1S/C22H23N9O.2ClH/c1-30-28-17-7-6-16(25-21(17)29-30)14-4-5-15(20(32)10-14)18-11-24-22(27-26-18)31-9-8-23-19(12-31)13-2-3-13;;/h4-7,10-11,13,19,23,32H,2-3,8-9,12H2,1H3;2*1H/t19-;;/m1../s1. The molecule has 0 unspecified atom stereocenters. The number of benzene rings is 1. The third-order valence-corrected chi connectivity index (χ3v) is 6.14. The Hall–Kier alpha value is -3.08. The number of anilines is 1. The fraction of sp³-hybridized carbons (Fsp3) is 0.364. The number of hydrogen-bond acceptors (Lipinski definition) is 9. The summed E-state index contributed by atoms with van der Waals surface area (Å²) in [5, 5.41) is 31.4. The Morgan fingerprint density at radius 2 is 1.88 bits per heavy atom. The third kappa shape index (κ3) is 4.61. The molecule has 1 atom stereocenters. The van der Waals surface area contributed by atoms with Crippen molar-refractivity contribution in [2.75, 3.05) is 24.5 Å². The summed E-state index contributed by atoms with van der Waals surface area (Å²) < 4.78 is 0. The lowest BCUT2D eigenvalue weighted by atomic mass is 10.1. The fourth-order valence-corrected chi connectivity index (χ4v) is 4.29. The molecule has 0 amide bonds. The normalized spacial score (nSPS) is 17.8. The van der Waals surface area contributed by atoms with E-state index < -0.39 is 0 Å². The molecule has 6 rings (SSSR count). The van der Waals surface area contributed by atoms with Gasteiger partial charge in [-0.05, 0) is 43.0 Å². The summed E-state index contributed by atoms with van der Waals surface area (Å²) in [5.74, 6) is 1.52. The van der Waals surface area contributed by atoms with Gasteiger partial charge in [0.05, 0.1) is 11.9 Å². The minimum absolute atomic E-state index is 0. The van der Waals surface area contributed by atoms with E-state index in [1.54, 1.807) is 19.3 Å². The van der Waals surface area contributed by atoms with E-state index in [1.807, 2.05) is 24.3 Å². The van der Waals surface area contributed by atoms with Crippen LogP contribution in [0.5, 0.6) is 5.75 Å². The molecule has 1 aliphatic heterocycles. The zero-order valence-electron chi connectivity index (χ0n) is 18.5. The SMILES string of the molecule is Cl.Cl.Cn1nc2ccc(-c3ccc(-c4cnc(N5CCN[C@@H](C6CC6)C5)nn4)c(O)c3)nc2n1. The summed E-state index contributed by atoms with van der Waals surface area (Å²) >= 11 is 0. The third-order valence-electron chi connectivity index (χ3n) is 6.14. The molecule has 4 aromatic rings. The minimum atomic E-state index is 0. The van der Waals surface area contributed by atoms with E-state index in [0.29, 0.717) is 34.6 Å². The maximum absolute atomic E-state index is 10.7. The number of pyridine rings is 1. The fourth-order valence-electron chi connectivity index (χ4n) is 4.29. The van der Waals surface area contributed by atoms with Crippen molar-refractivity contribution in [2.45, 2.75) is 18.9 Å². The molecule has 0 bridgehead atoms. The number of halogens is 2. The van der Waals surface area contributed by atoms with Crippen LogP contribution in [0.3, 0.4) is 0 Å². The second-order valence-corrected chi connectivity index (χ2v) is 8.45. The van der Waals surface area contributed by atoms with E-state index in [0.717, 1.165) is 36.6 Å². The van der Waals surface area contributed by atoms with Crippen LogP contribution in [0.15, 0.2) is 36.5 Å². The predicted molar refractivity (Wildman–Crippen MR) is 133 cm³/mol. The quantitative estimate of drug-likeness (QED) is 0.434. The first-order chi connectivity index (χ1) is 15.6. The van der Waals surface area contributed by atoms with Crippen LogP contribution in [0, 0.1) is 5.92 Å². The second kappa shape index (κ2) is 9.65. The Balaban J connectivity index is 0.00000137. The van der Waals surface area contributed by atoms with Gasteiger partial charge in [0, 0.05) is 43.9 Å². The summed E-state index contributed by atoms with van der Waals surface area (Å²) in [7, 11) is 1.76. The number of phenolic OH excluding ortho intramolecular Hbond substituents is 1. The highest BCUT2D eigenvalue weighted by Crippen LogP contribution is 2.34. The molecule has 12 heteroatoms. The molecule has 0 spiro atoms. The Kier molecular flexibility index (Phi) is 6.83. The lowest BCUT2D eigenvalue weighted by Gasteiger charge is -2.33. The number of nitrogens with zero attached hydrogens (tertiary/aromatic N) is 8. The van der Waals surface area contributed by atoms with E-state index in [1.165, 1.54) is 17.6 Å². The van der Waals surface area contributed by atoms with Crippen molar-refractivity contribution < 1.29 is 5.11 Å². The first-order valence-corrected chi connectivity index (χ1v) is 10.8. The smallest absolute Gasteiger partial charge is 0.245 e. The number of phenols is 1. The molecule has 2 N–H and O–H groups in total. The van der Waals surface area contributed by atoms with Gasteiger partial charge >= 0.3 is 0 Å². The van der Waals surface area contributed by atoms with Crippen LogP contribution < -0.4 is 10.2 Å². The molecule has 34 heavy (non-hydrogen) atoms. The summed E-state index contributed by atoms with van der Waals surface area (Å²) in [5.41, 5.74) is 3.90. The number of piperazine rings is 1. The molecule has 2 aliphatic rings. The van der Waals surface area contributed by atoms with Gasteiger partial charge in [0.1, 0.15) is 17.0 Å². The van der Waals surface area contributed by atoms with E-state index in [4.69, 9.17) is 0 Å². The van der Waals surface area contributed by atoms with Gasteiger partial charge in [0.2, 0.25) is 11.6 Å². The zero-order chi connectivity index (χ0) is 21.7. The molecule has 2 fully saturated rings. The molecular formula is C22H25Cl2N9O. The Bertz CT molecular complexity index is 1290. The molecular weight excluding hydrogens is 477 g/mol. The number of aromatic hydroxyl groups is 1. The van der Waals surface area contributed by atoms with Crippen LogP contribution in [-0.4, -0.2) is 65.9 Å². The first-order valence-electron chi connectivity index (χ1n) is 10.8. The zero-order valence-corrected chi connectivity index (χ0v) is 20.1. The molecule has 1 saturated heterocycles. The lowest BCUT2D eigenvalue weighted by Crippen LogP contribution is -2.52. The number of rotatable bonds is 4. The topological polar surface area (TPSA) is 118 Å². The molecule has 1 aromatic carbocycles. The maximum Gasteiger partial charge on any atom is 0.245 e. The van der Waals surface area contributed by atoms with Gasteiger partial charge in [-0.15, -0.1) is 40.1 Å². The highest BCUT2D eigenvalue weighted by Gasteiger charge is 2.34. The van der Waals surface area contributed by atoms with Crippen molar-refractivity contribution in [1.29, 1.82) is 0 Å². The maximum atomic E-state index is 10.7. The lowest BCUT2D eigenvalue weighted by molar-refractivity contribution is 0.414. The summed E-state index contributed by atoms with van der Waals surface area (Å²) in [6.45, 7) is 2.71. The van der Waals surface area contributed by atoms with Gasteiger partial charge in [-0.25, -0.2) is 9.97 Å². The van der Waals surface area contributed by atoms with Gasteiger partial charge in [-0.1, -0.05) is 6.07 Å². The minimum Gasteiger partial charge on any atom is -0.507 e. The van der Waals surface area contributed by atoms with Gasteiger partial charge in [-0.2, -0.15) is 9.90 Å². The molecule has 4 heterocycles. The average molecular weight is 502 g/mol. The van der Waals surface area contributed by atoms with Crippen LogP contribution >= 0.6 is 24.8 Å². The summed E-state index contributed by atoms with van der Waals surface area (Å²) in [6, 6.07) is 9.63. The van der Waals surface area contributed by atoms with Crippen molar-refractivity contribution in [3.05, 3.63) is 36.5 Å². The summed E-state index contributed by atoms with van der Waals surface area (Å²) in [4.78, 5) is 12.8. The first kappa shape index (κ1) is 24.1. The Morgan fingerprint density at radius 1 is 1.03 bits per heavy atom. The number of nitrogens with one attached hydrogen (secondary N) is 1. The van der Waals surface area contributed by atoms with Gasteiger partial charge in [-0.3, -0.25) is 0 Å². The molecule has 1 aliphatic carbocycles. The van der Waals surface area contributed by atoms with Crippen LogP contribution in [0.25, 0.3) is 33.7 Å². The number of aryl methyl sites for hydroxylation is 1. The Morgan fingerprint density at radius 3 is 2.62 bits per heavy atom. The average Bonchev–Trinajstić information content (AvgIpc) is 3.60. The van der Waals surface area contributed by atoms with E-state index >= 15 is 0 Å². The van der Waals surface area contributed by atoms with Crippen molar-refractivity contribution in [3.8, 4) is 28.3 Å².